The molecule has 7 nitrogen and oxygen atoms in total. The van der Waals surface area contributed by atoms with Gasteiger partial charge < -0.3 is 14.6 Å². The van der Waals surface area contributed by atoms with Gasteiger partial charge in [0.05, 0.1) is 18.4 Å². The van der Waals surface area contributed by atoms with E-state index >= 15 is 0 Å². The zero-order valence-electron chi connectivity index (χ0n) is 15.3. The van der Waals surface area contributed by atoms with Crippen molar-refractivity contribution in [3.05, 3.63) is 76.3 Å². The van der Waals surface area contributed by atoms with Crippen LogP contribution in [0.4, 0.5) is 4.39 Å². The molecule has 2 aromatic heterocycles. The fourth-order valence-electron chi connectivity index (χ4n) is 3.30. The number of furan rings is 1. The lowest BCUT2D eigenvalue weighted by atomic mass is 10.0. The first-order valence-electron chi connectivity index (χ1n) is 8.95. The Balaban J connectivity index is 1.47. The molecule has 0 fully saturated rings. The van der Waals surface area contributed by atoms with Crippen LogP contribution in [0.5, 0.6) is 0 Å². The molecule has 2 N–H and O–H groups in total. The normalized spacial score (nSPS) is 13.3. The quantitative estimate of drug-likeness (QED) is 0.726. The molecule has 1 aliphatic heterocycles. The molecule has 0 atom stereocenters. The Morgan fingerprint density at radius 2 is 2.07 bits per heavy atom. The van der Waals surface area contributed by atoms with E-state index in [9.17, 15) is 14.0 Å². The Labute approximate surface area is 160 Å². The first kappa shape index (κ1) is 18.0. The van der Waals surface area contributed by atoms with Crippen LogP contribution in [0.15, 0.2) is 41.0 Å². The van der Waals surface area contributed by atoms with Crippen molar-refractivity contribution in [1.29, 1.82) is 0 Å². The van der Waals surface area contributed by atoms with Crippen molar-refractivity contribution in [3.8, 4) is 0 Å². The van der Waals surface area contributed by atoms with E-state index in [1.54, 1.807) is 30.0 Å². The molecule has 144 valence electrons. The molecule has 0 saturated carbocycles. The summed E-state index contributed by atoms with van der Waals surface area (Å²) < 4.78 is 18.2. The van der Waals surface area contributed by atoms with E-state index in [1.807, 2.05) is 0 Å². The lowest BCUT2D eigenvalue weighted by Gasteiger charge is -2.27. The number of aromatic nitrogens is 2. The van der Waals surface area contributed by atoms with Crippen molar-refractivity contribution in [1.82, 2.24) is 20.4 Å². The summed E-state index contributed by atoms with van der Waals surface area (Å²) in [6.45, 7) is 2.84. The van der Waals surface area contributed by atoms with E-state index in [4.69, 9.17) is 4.42 Å². The monoisotopic (exact) mass is 382 g/mol. The number of hydrogen-bond acceptors (Lipinski definition) is 4. The third-order valence-electron chi connectivity index (χ3n) is 4.89. The Kier molecular flexibility index (Phi) is 4.68. The van der Waals surface area contributed by atoms with Gasteiger partial charge in [0.25, 0.3) is 11.8 Å². The smallest absolute Gasteiger partial charge is 0.272 e. The van der Waals surface area contributed by atoms with Gasteiger partial charge in [-0.25, -0.2) is 4.39 Å². The summed E-state index contributed by atoms with van der Waals surface area (Å²) in [6.07, 6.45) is 2.08. The second kappa shape index (κ2) is 7.30. The highest BCUT2D eigenvalue weighted by Gasteiger charge is 2.29. The predicted molar refractivity (Wildman–Crippen MR) is 98.0 cm³/mol. The Hall–Kier alpha value is -3.42. The lowest BCUT2D eigenvalue weighted by Crippen LogP contribution is -2.37. The van der Waals surface area contributed by atoms with Crippen LogP contribution in [0.25, 0.3) is 0 Å². The summed E-state index contributed by atoms with van der Waals surface area (Å²) in [5.41, 5.74) is 3.16. The molecular weight excluding hydrogens is 363 g/mol. The standard InChI is InChI=1S/C20H19FN4O3/c1-12-15(7-9-28-12)20(27)25-8-6-17-16(11-25)18(24-23-17)19(26)22-10-13-2-4-14(21)5-3-13/h2-5,7,9H,6,8,10-11H2,1H3,(H,22,26)(H,23,24). The van der Waals surface area contributed by atoms with Crippen LogP contribution in [0, 0.1) is 12.7 Å². The summed E-state index contributed by atoms with van der Waals surface area (Å²) in [6, 6.07) is 7.57. The van der Waals surface area contributed by atoms with Gasteiger partial charge >= 0.3 is 0 Å². The molecule has 28 heavy (non-hydrogen) atoms. The molecule has 8 heteroatoms. The number of hydrogen-bond donors (Lipinski definition) is 2. The number of carbonyl (C=O) groups excluding carboxylic acids is 2. The Morgan fingerprint density at radius 1 is 1.29 bits per heavy atom. The summed E-state index contributed by atoms with van der Waals surface area (Å²) in [5.74, 6) is -0.222. The Bertz CT molecular complexity index is 1020. The minimum atomic E-state index is -0.337. The molecule has 1 aliphatic rings. The van der Waals surface area contributed by atoms with Crippen LogP contribution in [-0.4, -0.2) is 33.5 Å². The van der Waals surface area contributed by atoms with Crippen molar-refractivity contribution in [3.63, 3.8) is 0 Å². The lowest BCUT2D eigenvalue weighted by molar-refractivity contribution is 0.0729. The fraction of sp³-hybridized carbons (Fsp3) is 0.250. The summed E-state index contributed by atoms with van der Waals surface area (Å²) >= 11 is 0. The van der Waals surface area contributed by atoms with Gasteiger partial charge in [0, 0.05) is 30.8 Å². The van der Waals surface area contributed by atoms with Gasteiger partial charge in [-0.15, -0.1) is 0 Å². The zero-order valence-corrected chi connectivity index (χ0v) is 15.3. The summed E-state index contributed by atoms with van der Waals surface area (Å²) in [5, 5.41) is 9.84. The second-order valence-corrected chi connectivity index (χ2v) is 6.71. The number of nitrogens with one attached hydrogen (secondary N) is 2. The van der Waals surface area contributed by atoms with Gasteiger partial charge in [-0.1, -0.05) is 12.1 Å². The van der Waals surface area contributed by atoms with Crippen molar-refractivity contribution in [2.45, 2.75) is 26.4 Å². The largest absolute Gasteiger partial charge is 0.469 e. The maximum Gasteiger partial charge on any atom is 0.272 e. The van der Waals surface area contributed by atoms with Crippen LogP contribution in [0.1, 0.15) is 43.4 Å². The SMILES string of the molecule is Cc1occc1C(=O)N1CCc2[nH]nc(C(=O)NCc3ccc(F)cc3)c2C1. The molecule has 0 unspecified atom stereocenters. The first-order chi connectivity index (χ1) is 13.5. The molecule has 0 saturated heterocycles. The van der Waals surface area contributed by atoms with Crippen molar-refractivity contribution in [2.75, 3.05) is 6.54 Å². The maximum atomic E-state index is 13.0. The maximum absolute atomic E-state index is 13.0. The van der Waals surface area contributed by atoms with Gasteiger partial charge in [0.2, 0.25) is 0 Å². The van der Waals surface area contributed by atoms with Crippen LogP contribution in [0.2, 0.25) is 0 Å². The summed E-state index contributed by atoms with van der Waals surface area (Å²) in [4.78, 5) is 27.0. The van der Waals surface area contributed by atoms with Gasteiger partial charge in [0.15, 0.2) is 5.69 Å². The highest BCUT2D eigenvalue weighted by atomic mass is 19.1. The number of aromatic amines is 1. The van der Waals surface area contributed by atoms with Crippen molar-refractivity contribution >= 4 is 11.8 Å². The topological polar surface area (TPSA) is 91.2 Å². The van der Waals surface area contributed by atoms with E-state index in [-0.39, 0.29) is 29.9 Å². The number of halogens is 1. The second-order valence-electron chi connectivity index (χ2n) is 6.71. The average molecular weight is 382 g/mol. The molecule has 2 amide bonds. The van der Waals surface area contributed by atoms with E-state index in [1.165, 1.54) is 18.4 Å². The van der Waals surface area contributed by atoms with E-state index in [0.717, 1.165) is 16.8 Å². The fourth-order valence-corrected chi connectivity index (χ4v) is 3.30. The molecule has 3 aromatic rings. The number of aryl methyl sites for hydroxylation is 1. The van der Waals surface area contributed by atoms with E-state index in [0.29, 0.717) is 30.8 Å². The number of amides is 2. The van der Waals surface area contributed by atoms with Crippen LogP contribution >= 0.6 is 0 Å². The van der Waals surface area contributed by atoms with Crippen molar-refractivity contribution in [2.24, 2.45) is 0 Å². The van der Waals surface area contributed by atoms with Gasteiger partial charge in [-0.2, -0.15) is 5.10 Å². The highest BCUT2D eigenvalue weighted by molar-refractivity contribution is 5.96. The molecule has 1 aromatic carbocycles. The van der Waals surface area contributed by atoms with Gasteiger partial charge in [-0.3, -0.25) is 14.7 Å². The minimum Gasteiger partial charge on any atom is -0.469 e. The predicted octanol–water partition coefficient (Wildman–Crippen LogP) is 2.58. The molecule has 0 bridgehead atoms. The minimum absolute atomic E-state index is 0.129. The zero-order chi connectivity index (χ0) is 19.7. The molecule has 3 heterocycles. The number of carbonyl (C=O) groups is 2. The highest BCUT2D eigenvalue weighted by Crippen LogP contribution is 2.23. The first-order valence-corrected chi connectivity index (χ1v) is 8.95. The van der Waals surface area contributed by atoms with Crippen LogP contribution < -0.4 is 5.32 Å². The van der Waals surface area contributed by atoms with Crippen LogP contribution in [0.3, 0.4) is 0 Å². The molecule has 0 spiro atoms. The average Bonchev–Trinajstić information content (AvgIpc) is 3.32. The summed E-state index contributed by atoms with van der Waals surface area (Å²) in [7, 11) is 0. The van der Waals surface area contributed by atoms with Crippen LogP contribution in [-0.2, 0) is 19.5 Å². The third-order valence-corrected chi connectivity index (χ3v) is 4.89. The van der Waals surface area contributed by atoms with E-state index in [2.05, 4.69) is 15.5 Å². The van der Waals surface area contributed by atoms with Crippen molar-refractivity contribution < 1.29 is 18.4 Å². The Morgan fingerprint density at radius 3 is 2.79 bits per heavy atom. The molecule has 0 radical (unpaired) electrons. The number of H-pyrrole nitrogens is 1. The number of nitrogens with zero attached hydrogens (tertiary/aromatic N) is 2. The number of rotatable bonds is 4. The number of fused-ring (bicyclic) bond motifs is 1. The molecule has 0 aliphatic carbocycles. The van der Waals surface area contributed by atoms with Gasteiger partial charge in [0.1, 0.15) is 11.6 Å². The van der Waals surface area contributed by atoms with Gasteiger partial charge in [-0.05, 0) is 30.7 Å². The molecule has 4 rings (SSSR count). The third kappa shape index (κ3) is 3.40. The molecular formula is C20H19FN4O3. The number of benzene rings is 1. The van der Waals surface area contributed by atoms with E-state index < -0.39 is 0 Å².